The van der Waals surface area contributed by atoms with Gasteiger partial charge in [-0.3, -0.25) is 0 Å². The molecule has 1 heterocycles. The molecule has 1 aliphatic heterocycles. The van der Waals surface area contributed by atoms with Crippen molar-refractivity contribution in [2.75, 3.05) is 6.54 Å². The second-order valence-corrected chi connectivity index (χ2v) is 3.40. The third-order valence-corrected chi connectivity index (χ3v) is 2.35. The van der Waals surface area contributed by atoms with Gasteiger partial charge in [0.25, 0.3) is 0 Å². The quantitative estimate of drug-likeness (QED) is 0.697. The molecule has 1 aromatic rings. The van der Waals surface area contributed by atoms with Gasteiger partial charge in [0.15, 0.2) is 11.6 Å². The first-order valence-electron chi connectivity index (χ1n) is 4.43. The molecule has 5 heteroatoms. The fourth-order valence-corrected chi connectivity index (χ4v) is 1.58. The summed E-state index contributed by atoms with van der Waals surface area (Å²) >= 11 is 0. The Morgan fingerprint density at radius 2 is 1.80 bits per heavy atom. The van der Waals surface area contributed by atoms with E-state index < -0.39 is 17.5 Å². The van der Waals surface area contributed by atoms with E-state index in [0.717, 1.165) is 6.07 Å². The summed E-state index contributed by atoms with van der Waals surface area (Å²) in [7, 11) is 0. The molecule has 0 saturated carbocycles. The Labute approximate surface area is 84.6 Å². The Morgan fingerprint density at radius 3 is 2.40 bits per heavy atom. The molecule has 0 radical (unpaired) electrons. The maximum Gasteiger partial charge on any atom is 0.161 e. The number of hydrogen-bond donors (Lipinski definition) is 2. The van der Waals surface area contributed by atoms with Crippen LogP contribution in [0, 0.1) is 17.5 Å². The van der Waals surface area contributed by atoms with E-state index in [4.69, 9.17) is 5.73 Å². The molecule has 0 bridgehead atoms. The third-order valence-electron chi connectivity index (χ3n) is 2.35. The van der Waals surface area contributed by atoms with Gasteiger partial charge in [-0.25, -0.2) is 13.2 Å². The molecule has 0 amide bonds. The lowest BCUT2D eigenvalue weighted by Gasteiger charge is -2.09. The summed E-state index contributed by atoms with van der Waals surface area (Å²) in [4.78, 5) is 0. The Kier molecular flexibility index (Phi) is 2.30. The van der Waals surface area contributed by atoms with Crippen molar-refractivity contribution in [3.8, 4) is 0 Å². The van der Waals surface area contributed by atoms with Crippen molar-refractivity contribution in [2.24, 2.45) is 5.73 Å². The van der Waals surface area contributed by atoms with Crippen LogP contribution in [0.25, 0.3) is 0 Å². The predicted octanol–water partition coefficient (Wildman–Crippen LogP) is 1.59. The van der Waals surface area contributed by atoms with Crippen LogP contribution in [0.2, 0.25) is 0 Å². The number of benzene rings is 1. The maximum absolute atomic E-state index is 13.3. The highest BCUT2D eigenvalue weighted by Gasteiger charge is 2.20. The predicted molar refractivity (Wildman–Crippen MR) is 49.3 cm³/mol. The van der Waals surface area contributed by atoms with Crippen LogP contribution in [0.4, 0.5) is 13.2 Å². The van der Waals surface area contributed by atoms with Crippen LogP contribution in [0.5, 0.6) is 0 Å². The monoisotopic (exact) mass is 214 g/mol. The van der Waals surface area contributed by atoms with Crippen LogP contribution in [0.3, 0.4) is 0 Å². The van der Waals surface area contributed by atoms with Gasteiger partial charge in [-0.2, -0.15) is 0 Å². The molecule has 80 valence electrons. The molecule has 0 saturated heterocycles. The summed E-state index contributed by atoms with van der Waals surface area (Å²) in [6, 6.07) is 1.42. The van der Waals surface area contributed by atoms with Crippen molar-refractivity contribution in [3.63, 3.8) is 0 Å². The van der Waals surface area contributed by atoms with E-state index in [9.17, 15) is 13.2 Å². The highest BCUT2D eigenvalue weighted by Crippen LogP contribution is 2.25. The molecule has 1 aliphatic rings. The third kappa shape index (κ3) is 1.77. The molecule has 2 rings (SSSR count). The lowest BCUT2D eigenvalue weighted by molar-refractivity contribution is 0.488. The van der Waals surface area contributed by atoms with Crippen LogP contribution < -0.4 is 11.1 Å². The number of hydrogen-bond acceptors (Lipinski definition) is 2. The van der Waals surface area contributed by atoms with Gasteiger partial charge in [0.05, 0.1) is 5.82 Å². The van der Waals surface area contributed by atoms with Crippen molar-refractivity contribution >= 4 is 0 Å². The zero-order chi connectivity index (χ0) is 11.0. The van der Waals surface area contributed by atoms with E-state index >= 15 is 0 Å². The minimum absolute atomic E-state index is 0.113. The molecule has 0 aromatic heterocycles. The molecule has 1 aromatic carbocycles. The summed E-state index contributed by atoms with van der Waals surface area (Å²) in [6.07, 6.45) is 1.58. The number of nitrogens with two attached hydrogens (primary N) is 1. The van der Waals surface area contributed by atoms with Crippen LogP contribution >= 0.6 is 0 Å². The molecule has 3 N–H and O–H groups in total. The van der Waals surface area contributed by atoms with Crippen molar-refractivity contribution in [1.29, 1.82) is 0 Å². The topological polar surface area (TPSA) is 38.0 Å². The van der Waals surface area contributed by atoms with Gasteiger partial charge in [0.2, 0.25) is 0 Å². The van der Waals surface area contributed by atoms with Gasteiger partial charge >= 0.3 is 0 Å². The lowest BCUT2D eigenvalue weighted by atomic mass is 9.99. The van der Waals surface area contributed by atoms with E-state index in [-0.39, 0.29) is 11.5 Å². The summed E-state index contributed by atoms with van der Waals surface area (Å²) < 4.78 is 38.9. The number of nitrogens with one attached hydrogen (secondary N) is 1. The van der Waals surface area contributed by atoms with Gasteiger partial charge in [-0.05, 0) is 17.7 Å². The summed E-state index contributed by atoms with van der Waals surface area (Å²) in [5.41, 5.74) is 5.55. The highest BCUT2D eigenvalue weighted by atomic mass is 19.2. The number of halogens is 3. The highest BCUT2D eigenvalue weighted by molar-refractivity contribution is 5.30. The molecule has 15 heavy (non-hydrogen) atoms. The van der Waals surface area contributed by atoms with Crippen molar-refractivity contribution in [1.82, 2.24) is 5.32 Å². The average molecular weight is 214 g/mol. The van der Waals surface area contributed by atoms with Gasteiger partial charge in [0, 0.05) is 18.5 Å². The second kappa shape index (κ2) is 3.49. The minimum atomic E-state index is -1.18. The zero-order valence-corrected chi connectivity index (χ0v) is 7.73. The van der Waals surface area contributed by atoms with E-state index in [0.29, 0.717) is 18.4 Å². The van der Waals surface area contributed by atoms with Crippen LogP contribution in [-0.2, 0) is 0 Å². The molecular weight excluding hydrogens is 205 g/mol. The fraction of sp³-hybridized carbons (Fsp3) is 0.200. The largest absolute Gasteiger partial charge is 0.386 e. The van der Waals surface area contributed by atoms with Crippen LogP contribution in [-0.4, -0.2) is 6.54 Å². The Bertz CT molecular complexity index is 429. The zero-order valence-electron chi connectivity index (χ0n) is 7.73. The van der Waals surface area contributed by atoms with Crippen molar-refractivity contribution < 1.29 is 13.2 Å². The van der Waals surface area contributed by atoms with E-state index in [1.807, 2.05) is 0 Å². The molecule has 0 fully saturated rings. The van der Waals surface area contributed by atoms with Gasteiger partial charge < -0.3 is 11.1 Å². The molecule has 2 nitrogen and oxygen atoms in total. The van der Waals surface area contributed by atoms with Crippen molar-refractivity contribution in [3.05, 3.63) is 47.0 Å². The normalized spacial score (nSPS) is 19.9. The first-order chi connectivity index (χ1) is 7.08. The number of rotatable bonds is 1. The summed E-state index contributed by atoms with van der Waals surface area (Å²) in [6.45, 7) is 0.397. The standard InChI is InChI=1S/C10H9F3N2/c11-7-3-9(13)8(12)2-6(7)5-1-10(14)15-4-5/h1-3,5,15H,4,14H2/t5-/m1/s1. The lowest BCUT2D eigenvalue weighted by Crippen LogP contribution is -2.16. The molecule has 1 atom stereocenters. The SMILES string of the molecule is NC1=C[C@@H](c2cc(F)c(F)cc2F)CN1. The molecule has 0 unspecified atom stereocenters. The minimum Gasteiger partial charge on any atom is -0.386 e. The molecule has 0 aliphatic carbocycles. The van der Waals surface area contributed by atoms with Crippen molar-refractivity contribution in [2.45, 2.75) is 5.92 Å². The Hall–Kier alpha value is -1.65. The van der Waals surface area contributed by atoms with Crippen LogP contribution in [0.15, 0.2) is 24.0 Å². The Morgan fingerprint density at radius 1 is 1.13 bits per heavy atom. The van der Waals surface area contributed by atoms with E-state index in [2.05, 4.69) is 5.32 Å². The van der Waals surface area contributed by atoms with Gasteiger partial charge in [-0.15, -0.1) is 0 Å². The molecule has 0 spiro atoms. The second-order valence-electron chi connectivity index (χ2n) is 3.40. The Balaban J connectivity index is 2.40. The summed E-state index contributed by atoms with van der Waals surface area (Å²) in [5, 5.41) is 2.79. The average Bonchev–Trinajstić information content (AvgIpc) is 2.58. The van der Waals surface area contributed by atoms with E-state index in [1.165, 1.54) is 0 Å². The van der Waals surface area contributed by atoms with Gasteiger partial charge in [-0.1, -0.05) is 0 Å². The smallest absolute Gasteiger partial charge is 0.161 e. The van der Waals surface area contributed by atoms with Gasteiger partial charge in [0.1, 0.15) is 5.82 Å². The maximum atomic E-state index is 13.3. The first-order valence-corrected chi connectivity index (χ1v) is 4.43. The molecular formula is C10H9F3N2. The van der Waals surface area contributed by atoms with E-state index in [1.54, 1.807) is 6.08 Å². The first kappa shape index (κ1) is 9.89. The van der Waals surface area contributed by atoms with Crippen LogP contribution in [0.1, 0.15) is 11.5 Å². The summed E-state index contributed by atoms with van der Waals surface area (Å²) in [5.74, 6) is -2.92. The fourth-order valence-electron chi connectivity index (χ4n) is 1.58.